The van der Waals surface area contributed by atoms with E-state index in [9.17, 15) is 4.79 Å². The van der Waals surface area contributed by atoms with Crippen LogP contribution in [0.25, 0.3) is 10.2 Å². The number of nitrogens with zero attached hydrogens (tertiary/aromatic N) is 2. The number of aryl methyl sites for hydroxylation is 2. The number of thiazole rings is 1. The number of hydrogen-bond acceptors (Lipinski definition) is 6. The third kappa shape index (κ3) is 3.75. The van der Waals surface area contributed by atoms with E-state index in [0.717, 1.165) is 40.8 Å². The maximum atomic E-state index is 13.7. The number of carbonyl (C=O) groups is 1. The van der Waals surface area contributed by atoms with Crippen molar-refractivity contribution in [3.8, 4) is 11.5 Å². The Kier molecular flexibility index (Phi) is 5.92. The maximum absolute atomic E-state index is 13.7. The van der Waals surface area contributed by atoms with Crippen molar-refractivity contribution in [1.29, 1.82) is 0 Å². The van der Waals surface area contributed by atoms with Crippen molar-refractivity contribution >= 4 is 32.6 Å². The molecular formula is C23H26N2O4S. The molecule has 3 aromatic rings. The molecule has 1 atom stereocenters. The zero-order valence-electron chi connectivity index (χ0n) is 17.7. The molecule has 6 nitrogen and oxygen atoms in total. The van der Waals surface area contributed by atoms with Gasteiger partial charge < -0.3 is 14.2 Å². The number of para-hydroxylation sites is 1. The van der Waals surface area contributed by atoms with Gasteiger partial charge in [0.05, 0.1) is 42.6 Å². The highest BCUT2D eigenvalue weighted by atomic mass is 32.1. The van der Waals surface area contributed by atoms with Crippen molar-refractivity contribution in [2.24, 2.45) is 0 Å². The molecule has 0 radical (unpaired) electrons. The number of hydrogen-bond donors (Lipinski definition) is 0. The Hall–Kier alpha value is -2.64. The molecule has 0 N–H and O–H groups in total. The van der Waals surface area contributed by atoms with Gasteiger partial charge in [-0.05, 0) is 49.9 Å². The SMILES string of the molecule is COc1cccc(C(=O)N(CC2CCCO2)c2nc3c(C)ccc(C)c3s2)c1OC. The van der Waals surface area contributed by atoms with Gasteiger partial charge in [0.25, 0.3) is 5.91 Å². The van der Waals surface area contributed by atoms with Crippen LogP contribution in [-0.4, -0.2) is 44.4 Å². The molecule has 0 aliphatic carbocycles. The van der Waals surface area contributed by atoms with Crippen LogP contribution in [0.15, 0.2) is 30.3 Å². The summed E-state index contributed by atoms with van der Waals surface area (Å²) in [5.74, 6) is 0.780. The quantitative estimate of drug-likeness (QED) is 0.569. The molecule has 1 unspecified atom stereocenters. The molecule has 0 spiro atoms. The molecule has 7 heteroatoms. The predicted octanol–water partition coefficient (Wildman–Crippen LogP) is 4.76. The van der Waals surface area contributed by atoms with E-state index in [0.29, 0.717) is 28.7 Å². The van der Waals surface area contributed by atoms with E-state index in [1.807, 2.05) is 6.92 Å². The standard InChI is InChI=1S/C23H26N2O4S/c1-14-10-11-15(2)21-19(14)24-23(30-21)25(13-16-7-6-12-29-16)22(26)17-8-5-9-18(27-3)20(17)28-4/h5,8-11,16H,6-7,12-13H2,1-4H3. The minimum atomic E-state index is -0.171. The Bertz CT molecular complexity index is 1030. The molecule has 2 aromatic carbocycles. The second-order valence-electron chi connectivity index (χ2n) is 7.47. The number of ether oxygens (including phenoxy) is 3. The number of methoxy groups -OCH3 is 2. The normalized spacial score (nSPS) is 16.1. The number of benzene rings is 2. The molecule has 1 aliphatic heterocycles. The van der Waals surface area contributed by atoms with Crippen LogP contribution in [0, 0.1) is 13.8 Å². The molecule has 1 saturated heterocycles. The van der Waals surface area contributed by atoms with E-state index in [1.54, 1.807) is 48.7 Å². The summed E-state index contributed by atoms with van der Waals surface area (Å²) in [5, 5.41) is 0.674. The van der Waals surface area contributed by atoms with E-state index < -0.39 is 0 Å². The zero-order chi connectivity index (χ0) is 21.3. The smallest absolute Gasteiger partial charge is 0.264 e. The van der Waals surface area contributed by atoms with Crippen LogP contribution in [0.5, 0.6) is 11.5 Å². The first kappa shape index (κ1) is 20.6. The topological polar surface area (TPSA) is 60.9 Å². The first-order valence-corrected chi connectivity index (χ1v) is 10.9. The summed E-state index contributed by atoms with van der Waals surface area (Å²) in [5.41, 5.74) is 3.64. The minimum absolute atomic E-state index is 0.000223. The zero-order valence-corrected chi connectivity index (χ0v) is 18.5. The maximum Gasteiger partial charge on any atom is 0.264 e. The lowest BCUT2D eigenvalue weighted by Gasteiger charge is -2.24. The number of fused-ring (bicyclic) bond motifs is 1. The van der Waals surface area contributed by atoms with E-state index in [-0.39, 0.29) is 12.0 Å². The van der Waals surface area contributed by atoms with Gasteiger partial charge in [-0.15, -0.1) is 0 Å². The summed E-state index contributed by atoms with van der Waals surface area (Å²) < 4.78 is 17.9. The Labute approximate surface area is 180 Å². The van der Waals surface area contributed by atoms with Crippen LogP contribution >= 0.6 is 11.3 Å². The molecule has 4 rings (SSSR count). The predicted molar refractivity (Wildman–Crippen MR) is 119 cm³/mol. The first-order chi connectivity index (χ1) is 14.5. The molecule has 158 valence electrons. The first-order valence-electron chi connectivity index (χ1n) is 10.0. The third-order valence-electron chi connectivity index (χ3n) is 5.45. The third-order valence-corrected chi connectivity index (χ3v) is 6.66. The van der Waals surface area contributed by atoms with E-state index >= 15 is 0 Å². The molecule has 1 amide bonds. The number of aromatic nitrogens is 1. The van der Waals surface area contributed by atoms with Crippen molar-refractivity contribution in [3.63, 3.8) is 0 Å². The van der Waals surface area contributed by atoms with Crippen molar-refractivity contribution in [2.75, 3.05) is 32.3 Å². The lowest BCUT2D eigenvalue weighted by Crippen LogP contribution is -2.37. The average Bonchev–Trinajstić information content (AvgIpc) is 3.44. The highest BCUT2D eigenvalue weighted by Gasteiger charge is 2.29. The highest BCUT2D eigenvalue weighted by Crippen LogP contribution is 2.37. The molecule has 1 aromatic heterocycles. The van der Waals surface area contributed by atoms with Crippen LogP contribution in [0.4, 0.5) is 5.13 Å². The Morgan fingerprint density at radius 1 is 1.20 bits per heavy atom. The molecule has 30 heavy (non-hydrogen) atoms. The monoisotopic (exact) mass is 426 g/mol. The van der Waals surface area contributed by atoms with Gasteiger partial charge in [-0.3, -0.25) is 9.69 Å². The average molecular weight is 427 g/mol. The summed E-state index contributed by atoms with van der Waals surface area (Å²) in [7, 11) is 3.11. The van der Waals surface area contributed by atoms with Crippen molar-refractivity contribution in [2.45, 2.75) is 32.8 Å². The fourth-order valence-corrected chi connectivity index (χ4v) is 4.92. The van der Waals surface area contributed by atoms with E-state index in [4.69, 9.17) is 19.2 Å². The van der Waals surface area contributed by atoms with Crippen LogP contribution in [0.1, 0.15) is 34.3 Å². The highest BCUT2D eigenvalue weighted by molar-refractivity contribution is 7.22. The van der Waals surface area contributed by atoms with Crippen LogP contribution < -0.4 is 14.4 Å². The van der Waals surface area contributed by atoms with Gasteiger partial charge >= 0.3 is 0 Å². The van der Waals surface area contributed by atoms with Crippen molar-refractivity contribution in [1.82, 2.24) is 4.98 Å². The van der Waals surface area contributed by atoms with Crippen LogP contribution in [0.2, 0.25) is 0 Å². The van der Waals surface area contributed by atoms with Crippen LogP contribution in [0.3, 0.4) is 0 Å². The van der Waals surface area contributed by atoms with Gasteiger partial charge in [-0.1, -0.05) is 29.5 Å². The van der Waals surface area contributed by atoms with Gasteiger partial charge in [0.15, 0.2) is 16.6 Å². The van der Waals surface area contributed by atoms with E-state index in [2.05, 4.69) is 19.1 Å². The molecule has 1 fully saturated rings. The minimum Gasteiger partial charge on any atom is -0.493 e. The molecule has 0 bridgehead atoms. The summed E-state index contributed by atoms with van der Waals surface area (Å²) in [6, 6.07) is 9.50. The summed E-state index contributed by atoms with van der Waals surface area (Å²) in [6.45, 7) is 5.30. The Morgan fingerprint density at radius 2 is 2.00 bits per heavy atom. The van der Waals surface area contributed by atoms with Gasteiger partial charge in [-0.2, -0.15) is 0 Å². The number of anilines is 1. The molecular weight excluding hydrogens is 400 g/mol. The van der Waals surface area contributed by atoms with Gasteiger partial charge in [0.2, 0.25) is 0 Å². The Balaban J connectivity index is 1.80. The summed E-state index contributed by atoms with van der Waals surface area (Å²) >= 11 is 1.54. The van der Waals surface area contributed by atoms with Gasteiger partial charge in [-0.25, -0.2) is 4.98 Å². The lowest BCUT2D eigenvalue weighted by molar-refractivity contribution is 0.0914. The molecule has 1 aliphatic rings. The molecule has 2 heterocycles. The number of amides is 1. The van der Waals surface area contributed by atoms with E-state index in [1.165, 1.54) is 0 Å². The summed E-state index contributed by atoms with van der Waals surface area (Å²) in [4.78, 5) is 20.3. The largest absolute Gasteiger partial charge is 0.493 e. The molecule has 0 saturated carbocycles. The number of carbonyl (C=O) groups excluding carboxylic acids is 1. The Morgan fingerprint density at radius 3 is 2.67 bits per heavy atom. The van der Waals surface area contributed by atoms with Crippen LogP contribution in [-0.2, 0) is 4.74 Å². The van der Waals surface area contributed by atoms with Gasteiger partial charge in [0, 0.05) is 6.61 Å². The fourth-order valence-electron chi connectivity index (χ4n) is 3.80. The second kappa shape index (κ2) is 8.62. The lowest BCUT2D eigenvalue weighted by atomic mass is 10.1. The number of rotatable bonds is 6. The fraction of sp³-hybridized carbons (Fsp3) is 0.391. The summed E-state index contributed by atoms with van der Waals surface area (Å²) in [6.07, 6.45) is 1.94. The van der Waals surface area contributed by atoms with Crippen molar-refractivity contribution in [3.05, 3.63) is 47.0 Å². The van der Waals surface area contributed by atoms with Gasteiger partial charge in [0.1, 0.15) is 0 Å². The second-order valence-corrected chi connectivity index (χ2v) is 8.44. The van der Waals surface area contributed by atoms with Crippen molar-refractivity contribution < 1.29 is 19.0 Å².